The average molecular weight is 714 g/mol. The number of morpholine rings is 1. The fourth-order valence-corrected chi connectivity index (χ4v) is 8.30. The van der Waals surface area contributed by atoms with Gasteiger partial charge in [-0.3, -0.25) is 9.69 Å². The van der Waals surface area contributed by atoms with Crippen LogP contribution in [0.4, 0.5) is 15.8 Å². The van der Waals surface area contributed by atoms with Crippen LogP contribution in [-0.2, 0) is 16.0 Å². The molecule has 4 aliphatic rings. The van der Waals surface area contributed by atoms with E-state index in [4.69, 9.17) is 37.4 Å². The van der Waals surface area contributed by atoms with Gasteiger partial charge in [-0.15, -0.1) is 0 Å². The highest BCUT2D eigenvalue weighted by Gasteiger charge is 2.40. The van der Waals surface area contributed by atoms with Gasteiger partial charge in [-0.1, -0.05) is 41.4 Å². The largest absolute Gasteiger partial charge is 0.478 e. The lowest BCUT2D eigenvalue weighted by atomic mass is 9.96. The van der Waals surface area contributed by atoms with Crippen molar-refractivity contribution in [1.29, 1.82) is 0 Å². The molecule has 0 spiro atoms. The van der Waals surface area contributed by atoms with Crippen molar-refractivity contribution in [2.45, 2.75) is 44.4 Å². The number of carboxylic acid groups (broad SMARTS) is 1. The van der Waals surface area contributed by atoms with Crippen molar-refractivity contribution in [2.24, 2.45) is 0 Å². The first-order valence-electron chi connectivity index (χ1n) is 16.6. The molecule has 260 valence electrons. The van der Waals surface area contributed by atoms with Crippen LogP contribution in [0.15, 0.2) is 42.5 Å². The molecule has 2 unspecified atom stereocenters. The van der Waals surface area contributed by atoms with Gasteiger partial charge in [0.05, 0.1) is 65.3 Å². The second kappa shape index (κ2) is 14.0. The van der Waals surface area contributed by atoms with Gasteiger partial charge in [0.2, 0.25) is 0 Å². The quantitative estimate of drug-likeness (QED) is 0.301. The number of para-hydroxylation sites is 1. The normalized spacial score (nSPS) is 22.2. The number of nitrogens with zero attached hydrogens (tertiary/aromatic N) is 4. The van der Waals surface area contributed by atoms with Crippen LogP contribution in [-0.4, -0.2) is 105 Å². The van der Waals surface area contributed by atoms with Crippen molar-refractivity contribution in [3.63, 3.8) is 0 Å². The molecule has 4 aliphatic heterocycles. The van der Waals surface area contributed by atoms with Crippen LogP contribution in [0.2, 0.25) is 10.0 Å². The Morgan fingerprint density at radius 2 is 1.78 bits per heavy atom. The number of halogens is 3. The maximum absolute atomic E-state index is 15.7. The highest BCUT2D eigenvalue weighted by molar-refractivity contribution is 6.40. The third kappa shape index (κ3) is 6.43. The lowest BCUT2D eigenvalue weighted by Gasteiger charge is -2.41. The second-order valence-electron chi connectivity index (χ2n) is 13.2. The molecule has 3 saturated heterocycles. The van der Waals surface area contributed by atoms with Crippen molar-refractivity contribution in [2.75, 3.05) is 69.6 Å². The fraction of sp³-hybridized carbons (Fsp3) is 0.444. The van der Waals surface area contributed by atoms with Crippen molar-refractivity contribution in [3.05, 3.63) is 75.0 Å². The van der Waals surface area contributed by atoms with Crippen LogP contribution in [0.3, 0.4) is 0 Å². The molecule has 3 aromatic rings. The maximum atomic E-state index is 15.7. The van der Waals surface area contributed by atoms with Gasteiger partial charge >= 0.3 is 5.97 Å². The van der Waals surface area contributed by atoms with Crippen LogP contribution in [0.1, 0.15) is 46.0 Å². The van der Waals surface area contributed by atoms with E-state index >= 15 is 4.39 Å². The summed E-state index contributed by atoms with van der Waals surface area (Å²) in [5.74, 6) is -1.79. The van der Waals surface area contributed by atoms with Gasteiger partial charge in [-0.05, 0) is 44.0 Å². The molecule has 3 atom stereocenters. The first-order valence-corrected chi connectivity index (χ1v) is 17.3. The number of hydrogen-bond donors (Lipinski definition) is 1. The van der Waals surface area contributed by atoms with Gasteiger partial charge in [0.15, 0.2) is 6.73 Å². The molecule has 0 radical (unpaired) electrons. The highest BCUT2D eigenvalue weighted by Crippen LogP contribution is 2.43. The van der Waals surface area contributed by atoms with Gasteiger partial charge in [0.1, 0.15) is 11.6 Å². The summed E-state index contributed by atoms with van der Waals surface area (Å²) in [6.45, 7) is 7.25. The second-order valence-corrected chi connectivity index (χ2v) is 14.0. The van der Waals surface area contributed by atoms with Gasteiger partial charge in [-0.2, -0.15) is 0 Å². The fourth-order valence-electron chi connectivity index (χ4n) is 7.67. The number of aromatic carboxylic acids is 1. The van der Waals surface area contributed by atoms with E-state index < -0.39 is 11.8 Å². The van der Waals surface area contributed by atoms with Crippen LogP contribution < -0.4 is 14.5 Å². The third-order valence-electron chi connectivity index (χ3n) is 10.2. The summed E-state index contributed by atoms with van der Waals surface area (Å²) < 4.78 is 32.8. The van der Waals surface area contributed by atoms with E-state index in [9.17, 15) is 14.7 Å². The minimum Gasteiger partial charge on any atom is -0.478 e. The van der Waals surface area contributed by atoms with Crippen LogP contribution in [0, 0.1) is 5.82 Å². The minimum absolute atomic E-state index is 0.0308. The molecule has 0 saturated carbocycles. The molecule has 1 N–H and O–H groups in total. The number of benzene rings is 3. The minimum atomic E-state index is -1.19. The standard InChI is InChI=1S/C36H39Cl2FN4O6/c1-21-16-41(9-8-40(21)10-11-47-2)25-12-29(37)33(30(38)13-25)35(44)42-17-22-4-3-5-26(34(22)49-20-42)27-15-32(28(36(45)46)14-31(27)39)43-23-6-7-24(43)19-48-18-23/h3-5,12-15,21,23-24H,6-11,16-20H2,1-2H3,(H,45,46)/t21-,23?,24?/m0/s1. The van der Waals surface area contributed by atoms with Crippen molar-refractivity contribution < 1.29 is 33.3 Å². The van der Waals surface area contributed by atoms with E-state index in [1.54, 1.807) is 37.4 Å². The summed E-state index contributed by atoms with van der Waals surface area (Å²) in [5.41, 5.74) is 2.84. The van der Waals surface area contributed by atoms with E-state index in [1.807, 2.05) is 6.07 Å². The van der Waals surface area contributed by atoms with Crippen LogP contribution >= 0.6 is 23.2 Å². The zero-order valence-corrected chi connectivity index (χ0v) is 29.0. The van der Waals surface area contributed by atoms with E-state index in [2.05, 4.69) is 21.6 Å². The summed E-state index contributed by atoms with van der Waals surface area (Å²) in [4.78, 5) is 34.3. The molecule has 7 rings (SSSR count). The summed E-state index contributed by atoms with van der Waals surface area (Å²) in [5, 5.41) is 10.5. The van der Waals surface area contributed by atoms with E-state index in [0.29, 0.717) is 48.4 Å². The lowest BCUT2D eigenvalue weighted by Crippen LogP contribution is -2.52. The predicted octanol–water partition coefficient (Wildman–Crippen LogP) is 6.01. The number of anilines is 2. The zero-order valence-electron chi connectivity index (χ0n) is 27.5. The monoisotopic (exact) mass is 712 g/mol. The number of methoxy groups -OCH3 is 1. The van der Waals surface area contributed by atoms with Gasteiger partial charge in [-0.25, -0.2) is 9.18 Å². The molecular weight excluding hydrogens is 674 g/mol. The summed E-state index contributed by atoms with van der Waals surface area (Å²) in [6.07, 6.45) is 1.76. The zero-order chi connectivity index (χ0) is 34.4. The van der Waals surface area contributed by atoms with Gasteiger partial charge < -0.3 is 34.0 Å². The number of rotatable bonds is 8. The molecule has 0 aromatic heterocycles. The Labute approximate surface area is 294 Å². The van der Waals surface area contributed by atoms with Crippen molar-refractivity contribution >= 4 is 46.5 Å². The molecule has 3 aromatic carbocycles. The first-order chi connectivity index (χ1) is 23.6. The number of carboxylic acids is 1. The molecule has 2 bridgehead atoms. The predicted molar refractivity (Wildman–Crippen MR) is 186 cm³/mol. The summed E-state index contributed by atoms with van der Waals surface area (Å²) in [6, 6.07) is 12.0. The molecule has 10 nitrogen and oxygen atoms in total. The Morgan fingerprint density at radius 3 is 2.45 bits per heavy atom. The van der Waals surface area contributed by atoms with Crippen molar-refractivity contribution in [3.8, 4) is 16.9 Å². The van der Waals surface area contributed by atoms with Crippen LogP contribution in [0.5, 0.6) is 5.75 Å². The lowest BCUT2D eigenvalue weighted by molar-refractivity contribution is 0.0516. The molecular formula is C36H39Cl2FN4O6. The Kier molecular flexibility index (Phi) is 9.64. The Hall–Kier alpha value is -3.61. The number of fused-ring (bicyclic) bond motifs is 3. The number of amides is 1. The van der Waals surface area contributed by atoms with E-state index in [0.717, 1.165) is 50.8 Å². The molecule has 1 amide bonds. The highest BCUT2D eigenvalue weighted by atomic mass is 35.5. The SMILES string of the molecule is COCCN1CCN(c2cc(Cl)c(C(=O)N3COc4c(cccc4-c4cc(N5C6CCC5COC6)c(C(=O)O)cc4F)C3)c(Cl)c2)C[C@@H]1C. The molecule has 49 heavy (non-hydrogen) atoms. The van der Waals surface area contributed by atoms with Gasteiger partial charge in [0.25, 0.3) is 5.91 Å². The Balaban J connectivity index is 1.13. The number of hydrogen-bond acceptors (Lipinski definition) is 8. The summed E-state index contributed by atoms with van der Waals surface area (Å²) in [7, 11) is 1.70. The maximum Gasteiger partial charge on any atom is 0.337 e. The number of carbonyl (C=O) groups excluding carboxylic acids is 1. The third-order valence-corrected chi connectivity index (χ3v) is 10.8. The molecule has 3 fully saturated rings. The number of carbonyl (C=O) groups is 2. The van der Waals surface area contributed by atoms with E-state index in [-0.39, 0.29) is 58.0 Å². The van der Waals surface area contributed by atoms with Crippen LogP contribution in [0.25, 0.3) is 11.1 Å². The molecule has 0 aliphatic carbocycles. The molecule has 13 heteroatoms. The molecule has 4 heterocycles. The van der Waals surface area contributed by atoms with E-state index in [1.165, 1.54) is 4.90 Å². The summed E-state index contributed by atoms with van der Waals surface area (Å²) >= 11 is 13.5. The van der Waals surface area contributed by atoms with Gasteiger partial charge in [0, 0.05) is 61.7 Å². The number of piperazine rings is 1. The Morgan fingerprint density at radius 1 is 1.04 bits per heavy atom. The van der Waals surface area contributed by atoms with Crippen molar-refractivity contribution in [1.82, 2.24) is 9.80 Å². The Bertz CT molecular complexity index is 1740. The first kappa shape index (κ1) is 33.9. The number of ether oxygens (including phenoxy) is 3. The topological polar surface area (TPSA) is 95.0 Å². The smallest absolute Gasteiger partial charge is 0.337 e. The average Bonchev–Trinajstić information content (AvgIpc) is 3.33.